The first-order valence-electron chi connectivity index (χ1n) is 3.46. The van der Waals surface area contributed by atoms with Gasteiger partial charge >= 0.3 is 0 Å². The zero-order valence-electron chi connectivity index (χ0n) is 7.18. The number of hydrogen-bond donors (Lipinski definition) is 0. The van der Waals surface area contributed by atoms with Crippen molar-refractivity contribution in [2.75, 3.05) is 14.1 Å². The molecule has 9 heavy (non-hydrogen) atoms. The van der Waals surface area contributed by atoms with Crippen molar-refractivity contribution in [3.63, 3.8) is 0 Å². The first-order chi connectivity index (χ1) is 4.09. The van der Waals surface area contributed by atoms with Crippen molar-refractivity contribution in [3.8, 4) is 0 Å². The van der Waals surface area contributed by atoms with Gasteiger partial charge in [0.25, 0.3) is 0 Å². The minimum atomic E-state index is -0.579. The second-order valence-electron chi connectivity index (χ2n) is 2.67. The molecule has 0 saturated heterocycles. The minimum absolute atomic E-state index is 0.124. The maximum absolute atomic E-state index is 2.60. The fourth-order valence-electron chi connectivity index (χ4n) is 0.658. The van der Waals surface area contributed by atoms with Crippen LogP contribution in [-0.2, 0) is 0 Å². The zero-order valence-corrected chi connectivity index (χ0v) is 11.7. The number of nitrogens with zero attached hydrogens (tertiary/aromatic N) is 2. The fraction of sp³-hybridized carbons (Fsp3) is 1.00. The maximum atomic E-state index is 2.60. The van der Waals surface area contributed by atoms with E-state index in [0.717, 1.165) is 0 Å². The van der Waals surface area contributed by atoms with E-state index in [1.807, 2.05) is 0 Å². The van der Waals surface area contributed by atoms with E-state index >= 15 is 0 Å². The summed E-state index contributed by atoms with van der Waals surface area (Å²) < 4.78 is 5.11. The third kappa shape index (κ3) is 3.31. The average molecular weight is 178 g/mol. The topological polar surface area (TPSA) is 6.48 Å². The van der Waals surface area contributed by atoms with E-state index in [-0.39, 0.29) is 9.68 Å². The van der Waals surface area contributed by atoms with Gasteiger partial charge in [-0.1, -0.05) is 6.55 Å². The molecule has 0 aromatic rings. The Bertz CT molecular complexity index is 78.2. The van der Waals surface area contributed by atoms with Gasteiger partial charge in [0.2, 0.25) is 0 Å². The maximum Gasteiger partial charge on any atom is 0.172 e. The van der Waals surface area contributed by atoms with Crippen LogP contribution in [0.15, 0.2) is 0 Å². The van der Waals surface area contributed by atoms with Gasteiger partial charge in [-0.2, -0.15) is 0 Å². The van der Waals surface area contributed by atoms with Gasteiger partial charge in [-0.05, 0) is 20.6 Å². The number of rotatable bonds is 3. The molecule has 0 aliphatic carbocycles. The smallest absolute Gasteiger partial charge is 0.172 e. The van der Waals surface area contributed by atoms with E-state index in [1.165, 1.54) is 10.4 Å². The van der Waals surface area contributed by atoms with Crippen LogP contribution in [0.5, 0.6) is 0 Å². The van der Waals surface area contributed by atoms with Crippen molar-refractivity contribution >= 4 is 29.2 Å². The summed E-state index contributed by atoms with van der Waals surface area (Å²) in [6, 6.07) is 0. The molecule has 0 radical (unpaired) electrons. The summed E-state index contributed by atoms with van der Waals surface area (Å²) in [7, 11) is 5.29. The summed E-state index contributed by atoms with van der Waals surface area (Å²) in [6.45, 7) is 4.76. The molecule has 0 aliphatic heterocycles. The van der Waals surface area contributed by atoms with Crippen LogP contribution in [0.1, 0.15) is 0 Å². The Hall–Kier alpha value is 0.571. The molecule has 2 nitrogen and oxygen atoms in total. The van der Waals surface area contributed by atoms with Crippen molar-refractivity contribution < 1.29 is 0 Å². The molecule has 0 aliphatic rings. The standard InChI is InChI=1S/C4H18N2Si3/c1-5(7)9(4)6(2)8-3/h9H,8H2,1-4,7H3. The molecule has 0 saturated carbocycles. The van der Waals surface area contributed by atoms with Crippen molar-refractivity contribution in [2.45, 2.75) is 13.1 Å². The van der Waals surface area contributed by atoms with Crippen LogP contribution in [-0.4, -0.2) is 51.8 Å². The summed E-state index contributed by atoms with van der Waals surface area (Å²) in [5.74, 6) is 0. The van der Waals surface area contributed by atoms with Gasteiger partial charge in [0.05, 0.1) is 20.1 Å². The van der Waals surface area contributed by atoms with E-state index in [1.54, 1.807) is 0 Å². The van der Waals surface area contributed by atoms with E-state index < -0.39 is 9.12 Å². The molecule has 0 fully saturated rings. The molecule has 0 aromatic carbocycles. The SMILES string of the molecule is C[SiH2]N(C)[SiH](C)N(C)[SiH3]. The lowest BCUT2D eigenvalue weighted by molar-refractivity contribution is 0.703. The highest BCUT2D eigenvalue weighted by Gasteiger charge is 2.09. The van der Waals surface area contributed by atoms with E-state index in [9.17, 15) is 0 Å². The Morgan fingerprint density at radius 3 is 2.00 bits per heavy atom. The molecular weight excluding hydrogens is 160 g/mol. The lowest BCUT2D eigenvalue weighted by Gasteiger charge is -2.27. The highest BCUT2D eigenvalue weighted by molar-refractivity contribution is 6.64. The molecule has 0 aromatic heterocycles. The van der Waals surface area contributed by atoms with Crippen molar-refractivity contribution in [1.29, 1.82) is 0 Å². The molecule has 56 valence electrons. The fourth-order valence-corrected chi connectivity index (χ4v) is 6.70. The summed E-state index contributed by atoms with van der Waals surface area (Å²) >= 11 is 0. The van der Waals surface area contributed by atoms with Crippen molar-refractivity contribution in [2.24, 2.45) is 0 Å². The first kappa shape index (κ1) is 9.57. The van der Waals surface area contributed by atoms with Crippen LogP contribution in [0, 0.1) is 0 Å². The third-order valence-electron chi connectivity index (χ3n) is 1.88. The lowest BCUT2D eigenvalue weighted by atomic mass is 11.6. The van der Waals surface area contributed by atoms with Crippen LogP contribution in [0.2, 0.25) is 13.1 Å². The molecule has 0 heterocycles. The second-order valence-corrected chi connectivity index (χ2v) is 10.7. The molecule has 1 unspecified atom stereocenters. The molecule has 0 bridgehead atoms. The van der Waals surface area contributed by atoms with E-state index in [0.29, 0.717) is 0 Å². The van der Waals surface area contributed by atoms with E-state index in [2.05, 4.69) is 35.7 Å². The predicted octanol–water partition coefficient (Wildman–Crippen LogP) is -1.89. The molecular formula is C4H18N2Si3. The quantitative estimate of drug-likeness (QED) is 0.467. The Kier molecular flexibility index (Phi) is 4.67. The van der Waals surface area contributed by atoms with Gasteiger partial charge in [-0.15, -0.1) is 0 Å². The molecule has 0 spiro atoms. The highest BCUT2D eigenvalue weighted by atomic mass is 28.4. The predicted molar refractivity (Wildman–Crippen MR) is 52.9 cm³/mol. The van der Waals surface area contributed by atoms with Gasteiger partial charge < -0.3 is 8.46 Å². The normalized spacial score (nSPS) is 16.7. The summed E-state index contributed by atoms with van der Waals surface area (Å²) in [4.78, 5) is 0. The summed E-state index contributed by atoms with van der Waals surface area (Å²) in [5, 5.41) is 0. The van der Waals surface area contributed by atoms with Crippen molar-refractivity contribution in [1.82, 2.24) is 8.46 Å². The van der Waals surface area contributed by atoms with Gasteiger partial charge in [0.15, 0.2) is 9.12 Å². The van der Waals surface area contributed by atoms with Gasteiger partial charge in [0.1, 0.15) is 0 Å². The highest BCUT2D eigenvalue weighted by Crippen LogP contribution is 1.89. The van der Waals surface area contributed by atoms with Crippen LogP contribution in [0.3, 0.4) is 0 Å². The largest absolute Gasteiger partial charge is 0.347 e. The van der Waals surface area contributed by atoms with Crippen LogP contribution >= 0.6 is 0 Å². The molecule has 1 atom stereocenters. The van der Waals surface area contributed by atoms with Crippen LogP contribution in [0.25, 0.3) is 0 Å². The minimum Gasteiger partial charge on any atom is -0.347 e. The van der Waals surface area contributed by atoms with Crippen molar-refractivity contribution in [3.05, 3.63) is 0 Å². The monoisotopic (exact) mass is 178 g/mol. The van der Waals surface area contributed by atoms with Gasteiger partial charge in [-0.3, -0.25) is 0 Å². The Balaban J connectivity index is 3.58. The second kappa shape index (κ2) is 4.40. The average Bonchev–Trinajstić information content (AvgIpc) is 1.84. The molecule has 0 rings (SSSR count). The van der Waals surface area contributed by atoms with E-state index in [4.69, 9.17) is 0 Å². The van der Waals surface area contributed by atoms with Gasteiger partial charge in [0, 0.05) is 0 Å². The van der Waals surface area contributed by atoms with Crippen LogP contribution in [0.4, 0.5) is 0 Å². The van der Waals surface area contributed by atoms with Crippen LogP contribution < -0.4 is 0 Å². The molecule has 0 N–H and O–H groups in total. The lowest BCUT2D eigenvalue weighted by Crippen LogP contribution is -2.46. The third-order valence-corrected chi connectivity index (χ3v) is 10.6. The summed E-state index contributed by atoms with van der Waals surface area (Å²) in [6.07, 6.45) is 0. The summed E-state index contributed by atoms with van der Waals surface area (Å²) in [5.41, 5.74) is 0. The first-order valence-corrected chi connectivity index (χ1v) is 8.59. The Labute approximate surface area is 65.4 Å². The number of hydrogen-bond acceptors (Lipinski definition) is 2. The Morgan fingerprint density at radius 1 is 1.44 bits per heavy atom. The molecule has 0 amide bonds. The molecule has 5 heteroatoms. The van der Waals surface area contributed by atoms with Gasteiger partial charge in [-0.25, -0.2) is 0 Å². The zero-order chi connectivity index (χ0) is 7.44. The Morgan fingerprint density at radius 2 is 1.89 bits per heavy atom.